The minimum atomic E-state index is -0.606. The number of esters is 1. The molecule has 2 amide bonds. The Morgan fingerprint density at radius 1 is 1.05 bits per heavy atom. The predicted octanol–water partition coefficient (Wildman–Crippen LogP) is 5.44. The van der Waals surface area contributed by atoms with Crippen molar-refractivity contribution in [2.45, 2.75) is 57.3 Å². The lowest BCUT2D eigenvalue weighted by molar-refractivity contribution is -0.113. The van der Waals surface area contributed by atoms with E-state index in [1.165, 1.54) is 41.3 Å². The molecular formula is C31H32FN5O4S2. The van der Waals surface area contributed by atoms with E-state index >= 15 is 0 Å². The molecule has 1 aliphatic rings. The summed E-state index contributed by atoms with van der Waals surface area (Å²) in [6.45, 7) is 2.56. The van der Waals surface area contributed by atoms with Crippen molar-refractivity contribution in [3.63, 3.8) is 0 Å². The van der Waals surface area contributed by atoms with Gasteiger partial charge in [-0.05, 0) is 62.3 Å². The number of ether oxygens (including phenoxy) is 1. The number of benzene rings is 2. The fourth-order valence-electron chi connectivity index (χ4n) is 4.93. The molecule has 0 saturated carbocycles. The maximum absolute atomic E-state index is 14.1. The van der Waals surface area contributed by atoms with Crippen molar-refractivity contribution in [3.8, 4) is 0 Å². The summed E-state index contributed by atoms with van der Waals surface area (Å²) < 4.78 is 21.3. The molecule has 2 N–H and O–H groups in total. The van der Waals surface area contributed by atoms with Gasteiger partial charge in [0.15, 0.2) is 11.0 Å². The number of thioether (sulfide) groups is 1. The van der Waals surface area contributed by atoms with Crippen LogP contribution in [0, 0.1) is 5.82 Å². The Morgan fingerprint density at radius 2 is 1.81 bits per heavy atom. The van der Waals surface area contributed by atoms with Gasteiger partial charge in [0.25, 0.3) is 5.91 Å². The average Bonchev–Trinajstić information content (AvgIpc) is 3.58. The summed E-state index contributed by atoms with van der Waals surface area (Å²) >= 11 is 2.66. The molecular weight excluding hydrogens is 590 g/mol. The fourth-order valence-corrected chi connectivity index (χ4v) is 7.01. The molecule has 9 nitrogen and oxygen atoms in total. The normalized spacial score (nSPS) is 12.4. The second-order valence-corrected chi connectivity index (χ2v) is 12.0. The third-order valence-corrected chi connectivity index (χ3v) is 9.20. The van der Waals surface area contributed by atoms with Crippen LogP contribution >= 0.6 is 23.1 Å². The van der Waals surface area contributed by atoms with E-state index in [9.17, 15) is 18.8 Å². The van der Waals surface area contributed by atoms with Crippen LogP contribution in [0.4, 0.5) is 9.39 Å². The molecule has 4 aromatic rings. The molecule has 43 heavy (non-hydrogen) atoms. The van der Waals surface area contributed by atoms with E-state index < -0.39 is 17.7 Å². The SMILES string of the molecule is CCOC(=O)c1c(NC(=O)CSc2nnc(CNC(=O)c3ccccc3F)n2CCc2ccccc2)sc2c1CCCC2. The molecule has 2 aromatic heterocycles. The van der Waals surface area contributed by atoms with Gasteiger partial charge in [0.2, 0.25) is 5.91 Å². The summed E-state index contributed by atoms with van der Waals surface area (Å²) in [5, 5.41) is 15.3. The standard InChI is InChI=1S/C31H32FN5O4S2/c1-2-41-30(40)27-22-13-7-9-15-24(22)43-29(27)34-26(38)19-42-31-36-35-25(37(31)17-16-20-10-4-3-5-11-20)18-33-28(39)21-12-6-8-14-23(21)32/h3-6,8,10-12,14H,2,7,9,13,15-19H2,1H3,(H,33,39)(H,34,38). The lowest BCUT2D eigenvalue weighted by Gasteiger charge is -2.12. The summed E-state index contributed by atoms with van der Waals surface area (Å²) in [5.41, 5.74) is 2.51. The van der Waals surface area contributed by atoms with Crippen molar-refractivity contribution in [1.82, 2.24) is 20.1 Å². The van der Waals surface area contributed by atoms with Crippen LogP contribution in [-0.2, 0) is 41.9 Å². The molecule has 0 fully saturated rings. The van der Waals surface area contributed by atoms with E-state index in [1.54, 1.807) is 13.0 Å². The predicted molar refractivity (Wildman–Crippen MR) is 164 cm³/mol. The number of hydrogen-bond acceptors (Lipinski definition) is 8. The number of carbonyl (C=O) groups excluding carboxylic acids is 3. The Balaban J connectivity index is 1.29. The first-order valence-corrected chi connectivity index (χ1v) is 16.0. The molecule has 0 spiro atoms. The first-order chi connectivity index (χ1) is 20.9. The molecule has 2 heterocycles. The number of halogens is 1. The van der Waals surface area contributed by atoms with Crippen molar-refractivity contribution in [2.24, 2.45) is 0 Å². The smallest absolute Gasteiger partial charge is 0.341 e. The zero-order valence-electron chi connectivity index (χ0n) is 23.7. The third-order valence-electron chi connectivity index (χ3n) is 7.02. The van der Waals surface area contributed by atoms with Crippen molar-refractivity contribution in [1.29, 1.82) is 0 Å². The number of thiophene rings is 1. The Kier molecular flexibility index (Phi) is 10.2. The van der Waals surface area contributed by atoms with Crippen molar-refractivity contribution in [3.05, 3.63) is 93.4 Å². The van der Waals surface area contributed by atoms with E-state index in [0.29, 0.717) is 34.5 Å². The van der Waals surface area contributed by atoms with E-state index in [4.69, 9.17) is 4.74 Å². The minimum absolute atomic E-state index is 0.0331. The number of nitrogens with zero attached hydrogens (tertiary/aromatic N) is 3. The van der Waals surface area contributed by atoms with E-state index in [1.807, 2.05) is 34.9 Å². The molecule has 12 heteroatoms. The average molecular weight is 622 g/mol. The number of anilines is 1. The number of aryl methyl sites for hydroxylation is 2. The quantitative estimate of drug-likeness (QED) is 0.160. The fraction of sp³-hybridized carbons (Fsp3) is 0.323. The number of nitrogens with one attached hydrogen (secondary N) is 2. The Morgan fingerprint density at radius 3 is 2.60 bits per heavy atom. The van der Waals surface area contributed by atoms with Gasteiger partial charge in [-0.2, -0.15) is 0 Å². The van der Waals surface area contributed by atoms with Gasteiger partial charge in [0.1, 0.15) is 10.8 Å². The van der Waals surface area contributed by atoms with Crippen LogP contribution < -0.4 is 10.6 Å². The Hall–Kier alpha value is -4.03. The topological polar surface area (TPSA) is 115 Å². The lowest BCUT2D eigenvalue weighted by Crippen LogP contribution is -2.26. The summed E-state index contributed by atoms with van der Waals surface area (Å²) in [5.74, 6) is -1.32. The summed E-state index contributed by atoms with van der Waals surface area (Å²) in [6, 6.07) is 15.7. The van der Waals surface area contributed by atoms with Gasteiger partial charge in [-0.3, -0.25) is 9.59 Å². The number of hydrogen-bond donors (Lipinski definition) is 2. The van der Waals surface area contributed by atoms with E-state index in [2.05, 4.69) is 20.8 Å². The van der Waals surface area contributed by atoms with Crippen molar-refractivity contribution < 1.29 is 23.5 Å². The highest BCUT2D eigenvalue weighted by molar-refractivity contribution is 7.99. The summed E-state index contributed by atoms with van der Waals surface area (Å²) in [7, 11) is 0. The second kappa shape index (κ2) is 14.4. The van der Waals surface area contributed by atoms with Crippen LogP contribution in [0.25, 0.3) is 0 Å². The summed E-state index contributed by atoms with van der Waals surface area (Å²) in [6.07, 6.45) is 4.42. The van der Waals surface area contributed by atoms with Gasteiger partial charge in [-0.1, -0.05) is 54.2 Å². The van der Waals surface area contributed by atoms with Crippen LogP contribution in [0.2, 0.25) is 0 Å². The molecule has 0 bridgehead atoms. The molecule has 0 aliphatic heterocycles. The van der Waals surface area contributed by atoms with Crippen molar-refractivity contribution >= 4 is 45.9 Å². The van der Waals surface area contributed by atoms with Gasteiger partial charge in [0.05, 0.1) is 30.0 Å². The molecule has 1 aliphatic carbocycles. The minimum Gasteiger partial charge on any atom is -0.462 e. The molecule has 0 atom stereocenters. The number of aromatic nitrogens is 3. The highest BCUT2D eigenvalue weighted by Gasteiger charge is 2.27. The molecule has 0 unspecified atom stereocenters. The van der Waals surface area contributed by atoms with E-state index in [-0.39, 0.29) is 30.4 Å². The van der Waals surface area contributed by atoms with E-state index in [0.717, 1.165) is 41.7 Å². The van der Waals surface area contributed by atoms with Crippen LogP contribution in [0.1, 0.15) is 62.3 Å². The largest absolute Gasteiger partial charge is 0.462 e. The lowest BCUT2D eigenvalue weighted by atomic mass is 9.95. The summed E-state index contributed by atoms with van der Waals surface area (Å²) in [4.78, 5) is 39.6. The van der Waals surface area contributed by atoms with Crippen molar-refractivity contribution in [2.75, 3.05) is 17.7 Å². The number of carbonyl (C=O) groups is 3. The highest BCUT2D eigenvalue weighted by atomic mass is 32.2. The number of rotatable bonds is 12. The Bertz CT molecular complexity index is 1600. The molecule has 5 rings (SSSR count). The van der Waals surface area contributed by atoms with Crippen LogP contribution in [-0.4, -0.2) is 44.9 Å². The van der Waals surface area contributed by atoms with Gasteiger partial charge in [-0.15, -0.1) is 21.5 Å². The van der Waals surface area contributed by atoms with Gasteiger partial charge >= 0.3 is 5.97 Å². The molecule has 0 radical (unpaired) electrons. The molecule has 0 saturated heterocycles. The number of amides is 2. The van der Waals surface area contributed by atoms with Crippen LogP contribution in [0.15, 0.2) is 59.8 Å². The maximum Gasteiger partial charge on any atom is 0.341 e. The number of fused-ring (bicyclic) bond motifs is 1. The van der Waals surface area contributed by atoms with Gasteiger partial charge < -0.3 is 19.9 Å². The zero-order valence-corrected chi connectivity index (χ0v) is 25.4. The first kappa shape index (κ1) is 30.4. The highest BCUT2D eigenvalue weighted by Crippen LogP contribution is 2.38. The zero-order chi connectivity index (χ0) is 30.2. The van der Waals surface area contributed by atoms with Gasteiger partial charge in [-0.25, -0.2) is 9.18 Å². The monoisotopic (exact) mass is 621 g/mol. The third kappa shape index (κ3) is 7.49. The molecule has 2 aromatic carbocycles. The molecule has 224 valence electrons. The first-order valence-electron chi connectivity index (χ1n) is 14.2. The van der Waals surface area contributed by atoms with Crippen LogP contribution in [0.5, 0.6) is 0 Å². The maximum atomic E-state index is 14.1. The van der Waals surface area contributed by atoms with Crippen LogP contribution in [0.3, 0.4) is 0 Å². The van der Waals surface area contributed by atoms with Gasteiger partial charge in [0, 0.05) is 11.4 Å². The Labute approximate surface area is 257 Å². The second-order valence-electron chi connectivity index (χ2n) is 9.92.